The standard InChI is InChI=1S/C17H20Cl2N2O/c1-16(2,12-5-6-13(18)14(19)9-12)11-21-15(22)17(10-20)7-3-4-8-17/h5-6,9H,3-4,7-8,11H2,1-2H3,(H,21,22). The highest BCUT2D eigenvalue weighted by Gasteiger charge is 2.41. The summed E-state index contributed by atoms with van der Waals surface area (Å²) in [5, 5.41) is 13.3. The molecule has 1 aliphatic rings. The minimum Gasteiger partial charge on any atom is -0.354 e. The van der Waals surface area contributed by atoms with Crippen LogP contribution in [0.4, 0.5) is 0 Å². The maximum Gasteiger partial charge on any atom is 0.240 e. The molecule has 118 valence electrons. The summed E-state index contributed by atoms with van der Waals surface area (Å²) in [6.45, 7) is 4.51. The molecule has 22 heavy (non-hydrogen) atoms. The van der Waals surface area contributed by atoms with E-state index in [-0.39, 0.29) is 11.3 Å². The van der Waals surface area contributed by atoms with Gasteiger partial charge >= 0.3 is 0 Å². The van der Waals surface area contributed by atoms with E-state index in [1.54, 1.807) is 6.07 Å². The van der Waals surface area contributed by atoms with Crippen LogP contribution >= 0.6 is 23.2 Å². The first kappa shape index (κ1) is 17.1. The SMILES string of the molecule is CC(C)(CNC(=O)C1(C#N)CCCC1)c1ccc(Cl)c(Cl)c1. The van der Waals surface area contributed by atoms with E-state index in [4.69, 9.17) is 23.2 Å². The first-order valence-corrected chi connectivity index (χ1v) is 8.21. The molecule has 0 saturated heterocycles. The molecule has 1 aromatic carbocycles. The Bertz CT molecular complexity index is 614. The van der Waals surface area contributed by atoms with Crippen LogP contribution in [0.25, 0.3) is 0 Å². The van der Waals surface area contributed by atoms with Gasteiger partial charge in [0.05, 0.1) is 16.1 Å². The van der Waals surface area contributed by atoms with Gasteiger partial charge in [-0.2, -0.15) is 5.26 Å². The van der Waals surface area contributed by atoms with Crippen LogP contribution in [0.15, 0.2) is 18.2 Å². The summed E-state index contributed by atoms with van der Waals surface area (Å²) in [7, 11) is 0. The Kier molecular flexibility index (Phi) is 5.04. The molecule has 0 heterocycles. The van der Waals surface area contributed by atoms with E-state index in [0.29, 0.717) is 29.4 Å². The van der Waals surface area contributed by atoms with Crippen molar-refractivity contribution in [1.29, 1.82) is 5.26 Å². The van der Waals surface area contributed by atoms with Crippen LogP contribution in [-0.2, 0) is 10.2 Å². The molecule has 2 rings (SSSR count). The normalized spacial score (nSPS) is 17.0. The summed E-state index contributed by atoms with van der Waals surface area (Å²) in [5.41, 5.74) is -0.132. The molecule has 1 N–H and O–H groups in total. The van der Waals surface area contributed by atoms with Crippen molar-refractivity contribution in [3.63, 3.8) is 0 Å². The largest absolute Gasteiger partial charge is 0.354 e. The lowest BCUT2D eigenvalue weighted by Crippen LogP contribution is -2.43. The zero-order chi connectivity index (χ0) is 16.4. The molecule has 1 fully saturated rings. The van der Waals surface area contributed by atoms with Crippen molar-refractivity contribution in [1.82, 2.24) is 5.32 Å². The van der Waals surface area contributed by atoms with Crippen LogP contribution in [0.1, 0.15) is 45.1 Å². The number of nitrogens with one attached hydrogen (secondary N) is 1. The number of hydrogen-bond donors (Lipinski definition) is 1. The molecule has 5 heteroatoms. The molecule has 1 aliphatic carbocycles. The van der Waals surface area contributed by atoms with Crippen molar-refractivity contribution in [2.45, 2.75) is 44.9 Å². The Morgan fingerprint density at radius 3 is 2.50 bits per heavy atom. The van der Waals surface area contributed by atoms with Gasteiger partial charge in [-0.3, -0.25) is 4.79 Å². The van der Waals surface area contributed by atoms with Gasteiger partial charge < -0.3 is 5.32 Å². The van der Waals surface area contributed by atoms with E-state index in [1.165, 1.54) is 0 Å². The van der Waals surface area contributed by atoms with Crippen LogP contribution in [0, 0.1) is 16.7 Å². The third kappa shape index (κ3) is 3.39. The second kappa shape index (κ2) is 6.48. The second-order valence-electron chi connectivity index (χ2n) is 6.60. The van der Waals surface area contributed by atoms with Gasteiger partial charge in [0.1, 0.15) is 5.41 Å². The minimum atomic E-state index is -0.840. The molecule has 0 radical (unpaired) electrons. The van der Waals surface area contributed by atoms with Crippen molar-refractivity contribution < 1.29 is 4.79 Å². The molecule has 0 aromatic heterocycles. The van der Waals surface area contributed by atoms with E-state index in [1.807, 2.05) is 26.0 Å². The number of amides is 1. The summed E-state index contributed by atoms with van der Waals surface area (Å²) < 4.78 is 0. The fraction of sp³-hybridized carbons (Fsp3) is 0.529. The highest BCUT2D eigenvalue weighted by atomic mass is 35.5. The van der Waals surface area contributed by atoms with Crippen LogP contribution in [0.5, 0.6) is 0 Å². The molecule has 1 aromatic rings. The molecule has 0 aliphatic heterocycles. The van der Waals surface area contributed by atoms with Crippen molar-refractivity contribution in [2.75, 3.05) is 6.54 Å². The van der Waals surface area contributed by atoms with E-state index >= 15 is 0 Å². The molecule has 1 amide bonds. The van der Waals surface area contributed by atoms with E-state index in [0.717, 1.165) is 18.4 Å². The molecule has 3 nitrogen and oxygen atoms in total. The van der Waals surface area contributed by atoms with Gasteiger partial charge in [0.25, 0.3) is 0 Å². The second-order valence-corrected chi connectivity index (χ2v) is 7.41. The summed E-state index contributed by atoms with van der Waals surface area (Å²) >= 11 is 12.0. The Balaban J connectivity index is 2.07. The summed E-state index contributed by atoms with van der Waals surface area (Å²) in [5.74, 6) is -0.152. The predicted molar refractivity (Wildman–Crippen MR) is 89.0 cm³/mol. The Morgan fingerprint density at radius 2 is 1.95 bits per heavy atom. The van der Waals surface area contributed by atoms with Gasteiger partial charge in [0.15, 0.2) is 0 Å². The maximum absolute atomic E-state index is 12.4. The Hall–Kier alpha value is -1.24. The number of carbonyl (C=O) groups excluding carboxylic acids is 1. The zero-order valence-corrected chi connectivity index (χ0v) is 14.4. The predicted octanol–water partition coefficient (Wildman–Crippen LogP) is 4.47. The first-order valence-electron chi connectivity index (χ1n) is 7.46. The third-order valence-corrected chi connectivity index (χ3v) is 5.24. The molecule has 0 bridgehead atoms. The van der Waals surface area contributed by atoms with Crippen molar-refractivity contribution in [3.05, 3.63) is 33.8 Å². The average Bonchev–Trinajstić information content (AvgIpc) is 2.97. The van der Waals surface area contributed by atoms with Gasteiger partial charge in [-0.05, 0) is 30.5 Å². The monoisotopic (exact) mass is 338 g/mol. The fourth-order valence-corrected chi connectivity index (χ4v) is 3.16. The molecular formula is C17H20Cl2N2O. The summed E-state index contributed by atoms with van der Waals surface area (Å²) in [4.78, 5) is 12.4. The highest BCUT2D eigenvalue weighted by Crippen LogP contribution is 2.38. The number of rotatable bonds is 4. The Morgan fingerprint density at radius 1 is 1.32 bits per heavy atom. The highest BCUT2D eigenvalue weighted by molar-refractivity contribution is 6.42. The smallest absolute Gasteiger partial charge is 0.240 e. The van der Waals surface area contributed by atoms with Crippen molar-refractivity contribution in [3.8, 4) is 6.07 Å². The average molecular weight is 339 g/mol. The van der Waals surface area contributed by atoms with Gasteiger partial charge in [-0.1, -0.05) is 56.0 Å². The van der Waals surface area contributed by atoms with Crippen LogP contribution in [-0.4, -0.2) is 12.5 Å². The number of hydrogen-bond acceptors (Lipinski definition) is 2. The molecule has 0 unspecified atom stereocenters. The summed E-state index contributed by atoms with van der Waals surface area (Å²) in [6, 6.07) is 7.72. The zero-order valence-electron chi connectivity index (χ0n) is 12.9. The molecule has 0 spiro atoms. The lowest BCUT2D eigenvalue weighted by molar-refractivity contribution is -0.128. The molecule has 0 atom stereocenters. The van der Waals surface area contributed by atoms with Crippen LogP contribution in [0.3, 0.4) is 0 Å². The van der Waals surface area contributed by atoms with Gasteiger partial charge in [-0.15, -0.1) is 0 Å². The van der Waals surface area contributed by atoms with Gasteiger partial charge in [-0.25, -0.2) is 0 Å². The van der Waals surface area contributed by atoms with Crippen molar-refractivity contribution >= 4 is 29.1 Å². The van der Waals surface area contributed by atoms with E-state index in [2.05, 4.69) is 11.4 Å². The van der Waals surface area contributed by atoms with E-state index in [9.17, 15) is 10.1 Å². The van der Waals surface area contributed by atoms with Crippen LogP contribution in [0.2, 0.25) is 10.0 Å². The number of nitriles is 1. The number of nitrogens with zero attached hydrogens (tertiary/aromatic N) is 1. The number of halogens is 2. The first-order chi connectivity index (χ1) is 10.3. The lowest BCUT2D eigenvalue weighted by atomic mass is 9.83. The van der Waals surface area contributed by atoms with Crippen LogP contribution < -0.4 is 5.32 Å². The van der Waals surface area contributed by atoms with E-state index < -0.39 is 5.41 Å². The lowest BCUT2D eigenvalue weighted by Gasteiger charge is -2.28. The maximum atomic E-state index is 12.4. The number of carbonyl (C=O) groups is 1. The molecular weight excluding hydrogens is 319 g/mol. The quantitative estimate of drug-likeness (QED) is 0.880. The minimum absolute atomic E-state index is 0.152. The third-order valence-electron chi connectivity index (χ3n) is 4.50. The fourth-order valence-electron chi connectivity index (χ4n) is 2.86. The Labute approximate surface area is 141 Å². The van der Waals surface area contributed by atoms with Gasteiger partial charge in [0, 0.05) is 12.0 Å². The van der Waals surface area contributed by atoms with Crippen molar-refractivity contribution in [2.24, 2.45) is 5.41 Å². The molecule has 1 saturated carbocycles. The number of benzene rings is 1. The topological polar surface area (TPSA) is 52.9 Å². The van der Waals surface area contributed by atoms with Gasteiger partial charge in [0.2, 0.25) is 5.91 Å². The summed E-state index contributed by atoms with van der Waals surface area (Å²) in [6.07, 6.45) is 3.19.